The molecule has 0 saturated carbocycles. The van der Waals surface area contributed by atoms with Crippen molar-refractivity contribution in [2.24, 2.45) is 5.10 Å². The van der Waals surface area contributed by atoms with Gasteiger partial charge in [0.05, 0.1) is 19.4 Å². The predicted molar refractivity (Wildman–Crippen MR) is 122 cm³/mol. The maximum absolute atomic E-state index is 12.1. The smallest absolute Gasteiger partial charge is 0.249 e. The van der Waals surface area contributed by atoms with Crippen molar-refractivity contribution in [1.29, 1.82) is 0 Å². The second-order valence-electron chi connectivity index (χ2n) is 6.61. The minimum Gasteiger partial charge on any atom is -0.494 e. The summed E-state index contributed by atoms with van der Waals surface area (Å²) in [6.45, 7) is 4.98. The molecule has 0 saturated heterocycles. The van der Waals surface area contributed by atoms with Gasteiger partial charge < -0.3 is 14.8 Å². The summed E-state index contributed by atoms with van der Waals surface area (Å²) in [7, 11) is 0. The van der Waals surface area contributed by atoms with Crippen molar-refractivity contribution in [2.45, 2.75) is 20.3 Å². The van der Waals surface area contributed by atoms with Gasteiger partial charge in [0.1, 0.15) is 17.9 Å². The fraction of sp³-hybridized carbons (Fsp3) is 0.208. The van der Waals surface area contributed by atoms with Crippen LogP contribution >= 0.6 is 0 Å². The van der Waals surface area contributed by atoms with Gasteiger partial charge in [0, 0.05) is 16.6 Å². The van der Waals surface area contributed by atoms with E-state index < -0.39 is 11.8 Å². The Labute approximate surface area is 181 Å². The molecule has 0 atom stereocenters. The Morgan fingerprint density at radius 1 is 0.871 bits per heavy atom. The van der Waals surface area contributed by atoms with Gasteiger partial charge >= 0.3 is 0 Å². The third-order valence-corrected chi connectivity index (χ3v) is 4.38. The number of nitrogens with one attached hydrogen (secondary N) is 2. The molecule has 0 heterocycles. The molecule has 160 valence electrons. The van der Waals surface area contributed by atoms with Crippen LogP contribution in [0.3, 0.4) is 0 Å². The minimum atomic E-state index is -0.505. The fourth-order valence-electron chi connectivity index (χ4n) is 3.05. The Kier molecular flexibility index (Phi) is 7.59. The number of rotatable bonds is 9. The molecular formula is C24H25N3O4. The second kappa shape index (κ2) is 10.8. The van der Waals surface area contributed by atoms with E-state index in [1.807, 2.05) is 50.2 Å². The van der Waals surface area contributed by atoms with Crippen LogP contribution in [0, 0.1) is 0 Å². The lowest BCUT2D eigenvalue weighted by molar-refractivity contribution is -0.126. The first-order valence-electron chi connectivity index (χ1n) is 10.1. The molecule has 0 radical (unpaired) electrons. The summed E-state index contributed by atoms with van der Waals surface area (Å²) in [6, 6.07) is 18.5. The number of nitrogens with zero attached hydrogens (tertiary/aromatic N) is 1. The summed E-state index contributed by atoms with van der Waals surface area (Å²) in [5.74, 6) is 0.581. The summed E-state index contributed by atoms with van der Waals surface area (Å²) in [4.78, 5) is 24.1. The molecular weight excluding hydrogens is 394 g/mol. The van der Waals surface area contributed by atoms with Crippen molar-refractivity contribution >= 4 is 34.5 Å². The molecule has 2 N–H and O–H groups in total. The third-order valence-electron chi connectivity index (χ3n) is 4.38. The van der Waals surface area contributed by atoms with Crippen molar-refractivity contribution in [3.8, 4) is 11.5 Å². The first-order valence-corrected chi connectivity index (χ1v) is 10.1. The van der Waals surface area contributed by atoms with Gasteiger partial charge in [0.25, 0.3) is 0 Å². The van der Waals surface area contributed by atoms with Gasteiger partial charge in [-0.15, -0.1) is 0 Å². The first-order chi connectivity index (χ1) is 15.1. The molecule has 7 heteroatoms. The number of ether oxygens (including phenoxy) is 2. The number of anilines is 1. The van der Waals surface area contributed by atoms with E-state index in [-0.39, 0.29) is 6.42 Å². The van der Waals surface area contributed by atoms with Crippen molar-refractivity contribution in [3.05, 3.63) is 66.2 Å². The van der Waals surface area contributed by atoms with Crippen molar-refractivity contribution in [3.63, 3.8) is 0 Å². The molecule has 3 aromatic carbocycles. The number of hydrogen-bond donors (Lipinski definition) is 2. The Hall–Kier alpha value is -3.87. The standard InChI is InChI=1S/C24H25N3O4/c1-3-30-19-12-10-18(11-13-19)26-23(28)15-24(29)27-25-16-17-9-14-22(31-4-2)21-8-6-5-7-20(17)21/h5-14,16H,3-4,15H2,1-2H3,(H,26,28)(H,27,29). The summed E-state index contributed by atoms with van der Waals surface area (Å²) >= 11 is 0. The maximum atomic E-state index is 12.1. The summed E-state index contributed by atoms with van der Waals surface area (Å²) in [5.41, 5.74) is 3.82. The highest BCUT2D eigenvalue weighted by Gasteiger charge is 2.10. The van der Waals surface area contributed by atoms with Gasteiger partial charge in [0.15, 0.2) is 0 Å². The molecule has 2 amide bonds. The minimum absolute atomic E-state index is 0.339. The molecule has 3 aromatic rings. The van der Waals surface area contributed by atoms with Crippen LogP contribution in [0.2, 0.25) is 0 Å². The van der Waals surface area contributed by atoms with E-state index >= 15 is 0 Å². The van der Waals surface area contributed by atoms with Crippen LogP contribution in [0.5, 0.6) is 11.5 Å². The highest BCUT2D eigenvalue weighted by Crippen LogP contribution is 2.27. The number of carbonyl (C=O) groups is 2. The highest BCUT2D eigenvalue weighted by atomic mass is 16.5. The molecule has 0 unspecified atom stereocenters. The van der Waals surface area contributed by atoms with Crippen molar-refractivity contribution < 1.29 is 19.1 Å². The van der Waals surface area contributed by atoms with Crippen LogP contribution in [-0.4, -0.2) is 31.2 Å². The normalized spacial score (nSPS) is 10.8. The van der Waals surface area contributed by atoms with E-state index in [1.54, 1.807) is 30.5 Å². The first kappa shape index (κ1) is 21.8. The quantitative estimate of drug-likeness (QED) is 0.310. The molecule has 0 aliphatic rings. The molecule has 0 aromatic heterocycles. The van der Waals surface area contributed by atoms with E-state index in [2.05, 4.69) is 15.8 Å². The Morgan fingerprint density at radius 2 is 1.58 bits per heavy atom. The monoisotopic (exact) mass is 419 g/mol. The number of amides is 2. The zero-order valence-corrected chi connectivity index (χ0v) is 17.6. The molecule has 31 heavy (non-hydrogen) atoms. The Balaban J connectivity index is 1.57. The SMILES string of the molecule is CCOc1ccc(NC(=O)CC(=O)NN=Cc2ccc(OCC)c3ccccc23)cc1. The van der Waals surface area contributed by atoms with Crippen molar-refractivity contribution in [2.75, 3.05) is 18.5 Å². The van der Waals surface area contributed by atoms with Gasteiger partial charge in [-0.3, -0.25) is 9.59 Å². The zero-order valence-electron chi connectivity index (χ0n) is 17.6. The number of carbonyl (C=O) groups excluding carboxylic acids is 2. The van der Waals surface area contributed by atoms with E-state index in [0.29, 0.717) is 18.9 Å². The van der Waals surface area contributed by atoms with Crippen LogP contribution in [0.15, 0.2) is 65.8 Å². The van der Waals surface area contributed by atoms with E-state index in [0.717, 1.165) is 27.8 Å². The van der Waals surface area contributed by atoms with Crippen LogP contribution in [0.25, 0.3) is 10.8 Å². The van der Waals surface area contributed by atoms with E-state index in [1.165, 1.54) is 0 Å². The number of hydrazone groups is 1. The molecule has 0 fully saturated rings. The van der Waals surface area contributed by atoms with Crippen molar-refractivity contribution in [1.82, 2.24) is 5.43 Å². The number of fused-ring (bicyclic) bond motifs is 1. The largest absolute Gasteiger partial charge is 0.494 e. The van der Waals surface area contributed by atoms with Crippen LogP contribution in [0.4, 0.5) is 5.69 Å². The topological polar surface area (TPSA) is 89.0 Å². The summed E-state index contributed by atoms with van der Waals surface area (Å²) in [6.07, 6.45) is 1.22. The van der Waals surface area contributed by atoms with E-state index in [4.69, 9.17) is 9.47 Å². The second-order valence-corrected chi connectivity index (χ2v) is 6.61. The fourth-order valence-corrected chi connectivity index (χ4v) is 3.05. The average molecular weight is 419 g/mol. The molecule has 0 bridgehead atoms. The third kappa shape index (κ3) is 6.05. The van der Waals surface area contributed by atoms with Gasteiger partial charge in [0.2, 0.25) is 11.8 Å². The van der Waals surface area contributed by atoms with Gasteiger partial charge in [-0.1, -0.05) is 24.3 Å². The lowest BCUT2D eigenvalue weighted by Gasteiger charge is -2.09. The summed E-state index contributed by atoms with van der Waals surface area (Å²) in [5, 5.41) is 8.59. The lowest BCUT2D eigenvalue weighted by Crippen LogP contribution is -2.24. The van der Waals surface area contributed by atoms with Crippen LogP contribution < -0.4 is 20.2 Å². The van der Waals surface area contributed by atoms with E-state index in [9.17, 15) is 9.59 Å². The highest BCUT2D eigenvalue weighted by molar-refractivity contribution is 6.05. The zero-order chi connectivity index (χ0) is 22.1. The molecule has 0 aliphatic carbocycles. The lowest BCUT2D eigenvalue weighted by atomic mass is 10.0. The number of benzene rings is 3. The predicted octanol–water partition coefficient (Wildman–Crippen LogP) is 4.12. The van der Waals surface area contributed by atoms with Crippen LogP contribution in [-0.2, 0) is 9.59 Å². The molecule has 7 nitrogen and oxygen atoms in total. The van der Waals surface area contributed by atoms with Crippen LogP contribution in [0.1, 0.15) is 25.8 Å². The molecule has 0 aliphatic heterocycles. The van der Waals surface area contributed by atoms with Gasteiger partial charge in [-0.2, -0.15) is 5.10 Å². The molecule has 0 spiro atoms. The molecule has 3 rings (SSSR count). The Morgan fingerprint density at radius 3 is 2.29 bits per heavy atom. The number of hydrogen-bond acceptors (Lipinski definition) is 5. The maximum Gasteiger partial charge on any atom is 0.249 e. The van der Waals surface area contributed by atoms with Gasteiger partial charge in [-0.25, -0.2) is 5.43 Å². The summed E-state index contributed by atoms with van der Waals surface area (Å²) < 4.78 is 11.0. The average Bonchev–Trinajstić information content (AvgIpc) is 2.77. The van der Waals surface area contributed by atoms with Gasteiger partial charge in [-0.05, 0) is 55.6 Å². The Bertz CT molecular complexity index is 1080.